The number of carbonyl (C=O) groups excluding carboxylic acids is 2. The van der Waals surface area contributed by atoms with E-state index in [1.807, 2.05) is 12.1 Å². The fourth-order valence-corrected chi connectivity index (χ4v) is 4.94. The van der Waals surface area contributed by atoms with E-state index in [9.17, 15) is 19.8 Å². The summed E-state index contributed by atoms with van der Waals surface area (Å²) in [5.41, 5.74) is 1.76. The first kappa shape index (κ1) is 22.9. The number of rotatable bonds is 4. The third kappa shape index (κ3) is 4.10. The number of hydrogen-bond donors (Lipinski definition) is 2. The molecule has 33 heavy (non-hydrogen) atoms. The number of Topliss-reactive ketones (excluding diaryl/α,β-unsaturated/α-hetero) is 1. The standard InChI is InChI=1S/C27H31NO5/c1-27(2,3)17-12-13-21(33-4)20(15-17)24(30)22-23(16-8-7-11-19(29)14-16)28(26(32)25(22)31)18-9-5-6-10-18/h7-8,11-15,18,23,29-30H,5-6,9-10H2,1-4H3/b24-22+. The number of aromatic hydroxyl groups is 1. The van der Waals surface area contributed by atoms with Crippen LogP contribution in [-0.2, 0) is 15.0 Å². The van der Waals surface area contributed by atoms with E-state index in [0.717, 1.165) is 31.2 Å². The van der Waals surface area contributed by atoms with Crippen molar-refractivity contribution in [3.63, 3.8) is 0 Å². The molecule has 1 saturated heterocycles. The van der Waals surface area contributed by atoms with Gasteiger partial charge in [-0.05, 0) is 53.6 Å². The van der Waals surface area contributed by atoms with Crippen molar-refractivity contribution in [2.24, 2.45) is 0 Å². The van der Waals surface area contributed by atoms with Gasteiger partial charge in [0.05, 0.1) is 24.3 Å². The number of hydrogen-bond acceptors (Lipinski definition) is 5. The molecule has 1 amide bonds. The Morgan fingerprint density at radius 1 is 1.06 bits per heavy atom. The van der Waals surface area contributed by atoms with Gasteiger partial charge in [-0.2, -0.15) is 0 Å². The molecule has 2 aromatic carbocycles. The van der Waals surface area contributed by atoms with Gasteiger partial charge >= 0.3 is 0 Å². The SMILES string of the molecule is COc1ccc(C(C)(C)C)cc1/C(O)=C1\C(=O)C(=O)N(C2CCCC2)C1c1cccc(O)c1. The Morgan fingerprint density at radius 2 is 1.76 bits per heavy atom. The van der Waals surface area contributed by atoms with Crippen molar-refractivity contribution in [1.29, 1.82) is 0 Å². The third-order valence-electron chi connectivity index (χ3n) is 6.70. The minimum absolute atomic E-state index is 0.0295. The largest absolute Gasteiger partial charge is 0.508 e. The fourth-order valence-electron chi connectivity index (χ4n) is 4.94. The minimum Gasteiger partial charge on any atom is -0.508 e. The van der Waals surface area contributed by atoms with Crippen LogP contribution in [-0.4, -0.2) is 40.0 Å². The van der Waals surface area contributed by atoms with Crippen molar-refractivity contribution in [3.8, 4) is 11.5 Å². The number of phenols is 1. The molecule has 2 fully saturated rings. The van der Waals surface area contributed by atoms with Gasteiger partial charge in [0.1, 0.15) is 17.3 Å². The molecule has 1 saturated carbocycles. The summed E-state index contributed by atoms with van der Waals surface area (Å²) in [4.78, 5) is 28.2. The van der Waals surface area contributed by atoms with Gasteiger partial charge in [0.2, 0.25) is 0 Å². The van der Waals surface area contributed by atoms with Crippen LogP contribution < -0.4 is 4.74 Å². The second-order valence-electron chi connectivity index (χ2n) is 9.90. The van der Waals surface area contributed by atoms with Crippen molar-refractivity contribution in [1.82, 2.24) is 4.90 Å². The molecule has 1 aliphatic heterocycles. The summed E-state index contributed by atoms with van der Waals surface area (Å²) in [6.45, 7) is 6.18. The lowest BCUT2D eigenvalue weighted by Crippen LogP contribution is -2.37. The van der Waals surface area contributed by atoms with Crippen LogP contribution in [0.3, 0.4) is 0 Å². The maximum Gasteiger partial charge on any atom is 0.295 e. The zero-order chi connectivity index (χ0) is 23.9. The molecule has 0 aromatic heterocycles. The van der Waals surface area contributed by atoms with Crippen molar-refractivity contribution in [2.75, 3.05) is 7.11 Å². The van der Waals surface area contributed by atoms with Gasteiger partial charge in [-0.15, -0.1) is 0 Å². The molecule has 2 N–H and O–H groups in total. The van der Waals surface area contributed by atoms with E-state index in [1.165, 1.54) is 7.11 Å². The first-order valence-corrected chi connectivity index (χ1v) is 11.4. The maximum atomic E-state index is 13.3. The fraction of sp³-hybridized carbons (Fsp3) is 0.407. The number of carbonyl (C=O) groups is 2. The van der Waals surface area contributed by atoms with Crippen LogP contribution >= 0.6 is 0 Å². The summed E-state index contributed by atoms with van der Waals surface area (Å²) in [7, 11) is 1.51. The van der Waals surface area contributed by atoms with E-state index in [2.05, 4.69) is 20.8 Å². The number of benzene rings is 2. The Bertz CT molecular complexity index is 1120. The molecule has 1 unspecified atom stereocenters. The van der Waals surface area contributed by atoms with Crippen LogP contribution in [0.25, 0.3) is 5.76 Å². The van der Waals surface area contributed by atoms with E-state index >= 15 is 0 Å². The lowest BCUT2D eigenvalue weighted by atomic mass is 9.85. The normalized spacial score (nSPS) is 21.1. The number of methoxy groups -OCH3 is 1. The number of aliphatic hydroxyl groups is 1. The molecule has 6 heteroatoms. The summed E-state index contributed by atoms with van der Waals surface area (Å²) >= 11 is 0. The highest BCUT2D eigenvalue weighted by molar-refractivity contribution is 6.46. The van der Waals surface area contributed by atoms with Gasteiger partial charge in [0.25, 0.3) is 11.7 Å². The Hall–Kier alpha value is -3.28. The molecule has 4 rings (SSSR count). The van der Waals surface area contributed by atoms with E-state index in [1.54, 1.807) is 35.2 Å². The highest BCUT2D eigenvalue weighted by Crippen LogP contribution is 2.45. The number of ether oxygens (including phenoxy) is 1. The second kappa shape index (κ2) is 8.58. The summed E-state index contributed by atoms with van der Waals surface area (Å²) < 4.78 is 5.50. The Morgan fingerprint density at radius 3 is 2.36 bits per heavy atom. The van der Waals surface area contributed by atoms with Crippen LogP contribution in [0.2, 0.25) is 0 Å². The second-order valence-corrected chi connectivity index (χ2v) is 9.90. The third-order valence-corrected chi connectivity index (χ3v) is 6.70. The molecule has 0 spiro atoms. The van der Waals surface area contributed by atoms with Crippen LogP contribution in [0.5, 0.6) is 11.5 Å². The monoisotopic (exact) mass is 449 g/mol. The van der Waals surface area contributed by atoms with Gasteiger partial charge in [0, 0.05) is 6.04 Å². The minimum atomic E-state index is -0.775. The van der Waals surface area contributed by atoms with Crippen molar-refractivity contribution in [3.05, 3.63) is 64.7 Å². The molecule has 0 bridgehead atoms. The van der Waals surface area contributed by atoms with Crippen LogP contribution in [0.1, 0.15) is 69.2 Å². The lowest BCUT2D eigenvalue weighted by molar-refractivity contribution is -0.141. The van der Waals surface area contributed by atoms with E-state index in [-0.39, 0.29) is 28.5 Å². The van der Waals surface area contributed by atoms with Gasteiger partial charge in [0.15, 0.2) is 0 Å². The van der Waals surface area contributed by atoms with E-state index < -0.39 is 17.7 Å². The van der Waals surface area contributed by atoms with Gasteiger partial charge in [-0.3, -0.25) is 9.59 Å². The lowest BCUT2D eigenvalue weighted by Gasteiger charge is -2.31. The van der Waals surface area contributed by atoms with Crippen molar-refractivity contribution >= 4 is 17.4 Å². The summed E-state index contributed by atoms with van der Waals surface area (Å²) in [5.74, 6) is -1.12. The number of ketones is 1. The average Bonchev–Trinajstić information content (AvgIpc) is 3.39. The zero-order valence-corrected chi connectivity index (χ0v) is 19.6. The number of nitrogens with zero attached hydrogens (tertiary/aromatic N) is 1. The van der Waals surface area contributed by atoms with Gasteiger partial charge < -0.3 is 19.8 Å². The summed E-state index contributed by atoms with van der Waals surface area (Å²) in [5, 5.41) is 21.6. The number of phenolic OH excluding ortho intramolecular Hbond substituents is 1. The number of likely N-dealkylation sites (tertiary alicyclic amines) is 1. The predicted molar refractivity (Wildman–Crippen MR) is 126 cm³/mol. The number of amides is 1. The molecule has 174 valence electrons. The van der Waals surface area contributed by atoms with Crippen LogP contribution in [0, 0.1) is 0 Å². The topological polar surface area (TPSA) is 87.1 Å². The predicted octanol–water partition coefficient (Wildman–Crippen LogP) is 5.06. The highest BCUT2D eigenvalue weighted by atomic mass is 16.5. The zero-order valence-electron chi connectivity index (χ0n) is 19.6. The molecule has 1 aliphatic carbocycles. The molecule has 1 heterocycles. The molecule has 1 atom stereocenters. The Labute approximate surface area is 194 Å². The quantitative estimate of drug-likeness (QED) is 0.387. The molecular formula is C27H31NO5. The summed E-state index contributed by atoms with van der Waals surface area (Å²) in [6.07, 6.45) is 3.60. The first-order valence-electron chi connectivity index (χ1n) is 11.4. The average molecular weight is 450 g/mol. The Kier molecular flexibility index (Phi) is 5.95. The van der Waals surface area contributed by atoms with Crippen molar-refractivity contribution < 1.29 is 24.5 Å². The van der Waals surface area contributed by atoms with Gasteiger partial charge in [-0.25, -0.2) is 0 Å². The van der Waals surface area contributed by atoms with E-state index in [0.29, 0.717) is 16.9 Å². The van der Waals surface area contributed by atoms with Crippen LogP contribution in [0.15, 0.2) is 48.0 Å². The number of aliphatic hydroxyl groups excluding tert-OH is 1. The smallest absolute Gasteiger partial charge is 0.295 e. The molecule has 0 radical (unpaired) electrons. The highest BCUT2D eigenvalue weighted by Gasteiger charge is 2.49. The Balaban J connectivity index is 1.95. The molecule has 2 aromatic rings. The maximum absolute atomic E-state index is 13.3. The van der Waals surface area contributed by atoms with Crippen LogP contribution in [0.4, 0.5) is 0 Å². The first-order chi connectivity index (χ1) is 15.6. The van der Waals surface area contributed by atoms with Gasteiger partial charge in [-0.1, -0.05) is 51.8 Å². The van der Waals surface area contributed by atoms with E-state index in [4.69, 9.17) is 4.74 Å². The molecule has 2 aliphatic rings. The summed E-state index contributed by atoms with van der Waals surface area (Å²) in [6, 6.07) is 11.2. The molecule has 6 nitrogen and oxygen atoms in total. The van der Waals surface area contributed by atoms with Crippen molar-refractivity contribution in [2.45, 2.75) is 64.0 Å². The molecular weight excluding hydrogens is 418 g/mol.